The molecule has 1 aromatic carbocycles. The molecule has 4 aromatic rings. The average Bonchev–Trinajstić information content (AvgIpc) is 3.43. The lowest BCUT2D eigenvalue weighted by atomic mass is 9.91. The van der Waals surface area contributed by atoms with Crippen LogP contribution in [0.1, 0.15) is 39.6 Å². The van der Waals surface area contributed by atoms with E-state index in [0.29, 0.717) is 69.6 Å². The van der Waals surface area contributed by atoms with Gasteiger partial charge in [0.05, 0.1) is 40.8 Å². The molecule has 6 rings (SSSR count). The molecule has 0 saturated carbocycles. The Morgan fingerprint density at radius 2 is 1.94 bits per heavy atom. The largest absolute Gasteiger partial charge is 0.491 e. The van der Waals surface area contributed by atoms with E-state index in [-0.39, 0.29) is 36.2 Å². The second-order valence-corrected chi connectivity index (χ2v) is 15.1. The number of hydrogen-bond acceptors (Lipinski definition) is 10. The summed E-state index contributed by atoms with van der Waals surface area (Å²) in [5, 5.41) is 2.06. The molecule has 1 fully saturated rings. The highest BCUT2D eigenvalue weighted by Crippen LogP contribution is 2.40. The Bertz CT molecular complexity index is 2080. The molecule has 0 radical (unpaired) electrons. The summed E-state index contributed by atoms with van der Waals surface area (Å²) in [6.07, 6.45) is 3.03. The molecule has 1 N–H and O–H groups in total. The molecule has 1 aliphatic carbocycles. The van der Waals surface area contributed by atoms with E-state index >= 15 is 0 Å². The van der Waals surface area contributed by atoms with Crippen molar-refractivity contribution in [1.82, 2.24) is 29.1 Å². The summed E-state index contributed by atoms with van der Waals surface area (Å²) < 4.78 is 34.0. The van der Waals surface area contributed by atoms with Crippen LogP contribution in [0.3, 0.4) is 0 Å². The Kier molecular flexibility index (Phi) is 9.13. The Hall–Kier alpha value is -3.85. The fourth-order valence-corrected chi connectivity index (χ4v) is 7.92. The number of halogens is 1. The van der Waals surface area contributed by atoms with E-state index in [1.54, 1.807) is 40.0 Å². The number of carbonyl (C=O) groups is 2. The van der Waals surface area contributed by atoms with E-state index < -0.39 is 15.9 Å². The molecule has 248 valence electrons. The number of aryl methyl sites for hydroxylation is 3. The van der Waals surface area contributed by atoms with Crippen molar-refractivity contribution in [3.8, 4) is 16.9 Å². The molecule has 0 spiro atoms. The van der Waals surface area contributed by atoms with Crippen LogP contribution in [-0.2, 0) is 34.2 Å². The van der Waals surface area contributed by atoms with Gasteiger partial charge in [-0.3, -0.25) is 28.8 Å². The molecule has 1 unspecified atom stereocenters. The van der Waals surface area contributed by atoms with E-state index in [1.807, 2.05) is 24.8 Å². The number of piperazine rings is 1. The van der Waals surface area contributed by atoms with Gasteiger partial charge in [0.2, 0.25) is 15.9 Å². The van der Waals surface area contributed by atoms with Gasteiger partial charge in [0.15, 0.2) is 0 Å². The van der Waals surface area contributed by atoms with E-state index in [1.165, 1.54) is 11.3 Å². The predicted octanol–water partition coefficient (Wildman–Crippen LogP) is 3.19. The number of rotatable bonds is 8. The molecule has 3 aromatic heterocycles. The second kappa shape index (κ2) is 13.0. The smallest absolute Gasteiger partial charge is 0.267 e. The van der Waals surface area contributed by atoms with Crippen LogP contribution >= 0.6 is 22.9 Å². The van der Waals surface area contributed by atoms with Gasteiger partial charge in [0.1, 0.15) is 18.2 Å². The number of carbonyl (C=O) groups excluding carboxylic acids is 2. The van der Waals surface area contributed by atoms with Crippen LogP contribution in [0.25, 0.3) is 21.3 Å². The predicted molar refractivity (Wildman–Crippen MR) is 181 cm³/mol. The Balaban J connectivity index is 1.24. The maximum atomic E-state index is 13.8. The van der Waals surface area contributed by atoms with Crippen LogP contribution < -0.4 is 15.0 Å². The van der Waals surface area contributed by atoms with E-state index in [0.717, 1.165) is 30.5 Å². The minimum absolute atomic E-state index is 0.0810. The van der Waals surface area contributed by atoms with Gasteiger partial charge >= 0.3 is 0 Å². The summed E-state index contributed by atoms with van der Waals surface area (Å²) in [5.41, 5.74) is 3.99. The monoisotopic (exact) mass is 698 g/mol. The zero-order valence-electron chi connectivity index (χ0n) is 26.5. The summed E-state index contributed by atoms with van der Waals surface area (Å²) in [7, 11) is -1.95. The van der Waals surface area contributed by atoms with Crippen molar-refractivity contribution in [1.29, 1.82) is 0 Å². The van der Waals surface area contributed by atoms with Crippen LogP contribution in [0.4, 0.5) is 0 Å². The lowest BCUT2D eigenvalue weighted by Crippen LogP contribution is -2.54. The van der Waals surface area contributed by atoms with Crippen molar-refractivity contribution in [3.63, 3.8) is 0 Å². The number of benzene rings is 1. The zero-order valence-corrected chi connectivity index (χ0v) is 28.9. The van der Waals surface area contributed by atoms with Crippen molar-refractivity contribution in [3.05, 3.63) is 73.4 Å². The van der Waals surface area contributed by atoms with Crippen molar-refractivity contribution in [2.24, 2.45) is 0 Å². The lowest BCUT2D eigenvalue weighted by molar-refractivity contribution is -0.135. The SMILES string of the molecule is Cc1cc(-c2cc(Cl)ccc2OCCn2c(C)nc3c(c2=O)CC(N2CCN(C)C(=O)C2)CC3)c2scc(C(=O)NS(C)(=O)=O)c2n1. The molecule has 0 bridgehead atoms. The quantitative estimate of drug-likeness (QED) is 0.294. The van der Waals surface area contributed by atoms with E-state index in [2.05, 4.69) is 9.88 Å². The number of pyridine rings is 1. The van der Waals surface area contributed by atoms with Crippen molar-refractivity contribution < 1.29 is 22.7 Å². The maximum Gasteiger partial charge on any atom is 0.267 e. The molecule has 2 aliphatic rings. The van der Waals surface area contributed by atoms with Crippen LogP contribution in [0, 0.1) is 13.8 Å². The number of ether oxygens (including phenoxy) is 1. The molecule has 4 heterocycles. The molecule has 2 amide bonds. The summed E-state index contributed by atoms with van der Waals surface area (Å²) in [4.78, 5) is 52.1. The first kappa shape index (κ1) is 33.1. The van der Waals surface area contributed by atoms with Gasteiger partial charge in [0.25, 0.3) is 11.5 Å². The highest BCUT2D eigenvalue weighted by atomic mass is 35.5. The second-order valence-electron chi connectivity index (χ2n) is 12.1. The number of likely N-dealkylation sites (N-methyl/N-ethyl adjacent to an activating group) is 1. The van der Waals surface area contributed by atoms with Gasteiger partial charge in [-0.1, -0.05) is 11.6 Å². The van der Waals surface area contributed by atoms with Crippen molar-refractivity contribution >= 4 is 55.0 Å². The summed E-state index contributed by atoms with van der Waals surface area (Å²) >= 11 is 7.70. The van der Waals surface area contributed by atoms with Crippen LogP contribution in [0.5, 0.6) is 5.75 Å². The fraction of sp³-hybridized carbons (Fsp3) is 0.406. The van der Waals surface area contributed by atoms with Crippen molar-refractivity contribution in [2.45, 2.75) is 45.7 Å². The van der Waals surface area contributed by atoms with Gasteiger partial charge in [-0.05, 0) is 57.4 Å². The van der Waals surface area contributed by atoms with Gasteiger partial charge < -0.3 is 9.64 Å². The maximum absolute atomic E-state index is 13.8. The lowest BCUT2D eigenvalue weighted by Gasteiger charge is -2.39. The number of aromatic nitrogens is 3. The molecule has 15 heteroatoms. The van der Waals surface area contributed by atoms with Gasteiger partial charge in [-0.15, -0.1) is 11.3 Å². The third kappa shape index (κ3) is 6.91. The van der Waals surface area contributed by atoms with Crippen LogP contribution in [0.15, 0.2) is 34.4 Å². The number of nitrogens with zero attached hydrogens (tertiary/aromatic N) is 5. The number of nitrogens with one attached hydrogen (secondary N) is 1. The Morgan fingerprint density at radius 1 is 1.15 bits per heavy atom. The number of thiophene rings is 1. The molecule has 1 aliphatic heterocycles. The van der Waals surface area contributed by atoms with Crippen LogP contribution in [-0.4, -0.2) is 90.2 Å². The number of fused-ring (bicyclic) bond motifs is 2. The summed E-state index contributed by atoms with van der Waals surface area (Å²) in [5.74, 6) is 0.480. The normalized spacial score (nSPS) is 17.2. The van der Waals surface area contributed by atoms with E-state index in [9.17, 15) is 22.8 Å². The highest BCUT2D eigenvalue weighted by molar-refractivity contribution is 7.89. The van der Waals surface area contributed by atoms with Gasteiger partial charge in [-0.2, -0.15) is 0 Å². The third-order valence-corrected chi connectivity index (χ3v) is 10.5. The molecular formula is C32H35ClN6O6S2. The topological polar surface area (TPSA) is 144 Å². The standard InChI is InChI=1S/C32H35ClN6O6S2/c1-18-13-23(30-29(34-18)25(17-46-30)31(41)36-47(4,43)44)22-14-20(33)5-8-27(22)45-12-11-39-19(2)35-26-7-6-21(15-24(26)32(39)42)38-10-9-37(3)28(40)16-38/h5,8,13-14,17,21H,6-7,9-12,15-16H2,1-4H3,(H,36,41). The average molecular weight is 699 g/mol. The molecule has 1 atom stereocenters. The summed E-state index contributed by atoms with van der Waals surface area (Å²) in [6, 6.07) is 7.22. The van der Waals surface area contributed by atoms with Crippen LogP contribution in [0.2, 0.25) is 5.02 Å². The minimum Gasteiger partial charge on any atom is -0.491 e. The number of amides is 2. The highest BCUT2D eigenvalue weighted by Gasteiger charge is 2.32. The molecule has 1 saturated heterocycles. The number of sulfonamides is 1. The Morgan fingerprint density at radius 3 is 2.68 bits per heavy atom. The van der Waals surface area contributed by atoms with Gasteiger partial charge in [-0.25, -0.2) is 18.1 Å². The first-order valence-electron chi connectivity index (χ1n) is 15.2. The van der Waals surface area contributed by atoms with Gasteiger partial charge in [0, 0.05) is 59.0 Å². The minimum atomic E-state index is -3.76. The summed E-state index contributed by atoms with van der Waals surface area (Å²) in [6.45, 7) is 5.89. The van der Waals surface area contributed by atoms with Crippen molar-refractivity contribution in [2.75, 3.05) is 39.5 Å². The van der Waals surface area contributed by atoms with E-state index in [4.69, 9.17) is 21.3 Å². The molecular weight excluding hydrogens is 664 g/mol. The number of hydrogen-bond donors (Lipinski definition) is 1. The third-order valence-electron chi connectivity index (χ3n) is 8.67. The zero-order chi connectivity index (χ0) is 33.6. The first-order chi connectivity index (χ1) is 22.3. The fourth-order valence-electron chi connectivity index (χ4n) is 6.28. The Labute approximate surface area is 281 Å². The first-order valence-corrected chi connectivity index (χ1v) is 18.3. The molecule has 12 nitrogen and oxygen atoms in total. The molecule has 47 heavy (non-hydrogen) atoms.